The maximum atomic E-state index is 12.9. The number of alkyl halides is 1. The zero-order valence-corrected chi connectivity index (χ0v) is 18.4. The van der Waals surface area contributed by atoms with E-state index in [-0.39, 0.29) is 11.5 Å². The van der Waals surface area contributed by atoms with E-state index in [1.165, 1.54) is 24.7 Å². The molecule has 1 heterocycles. The van der Waals surface area contributed by atoms with Gasteiger partial charge < -0.3 is 10.6 Å². The molecule has 0 saturated heterocycles. The monoisotopic (exact) mass is 435 g/mol. The first-order chi connectivity index (χ1) is 15.2. The number of aryl methyl sites for hydroxylation is 1. The lowest BCUT2D eigenvalue weighted by atomic mass is 9.93. The van der Waals surface area contributed by atoms with Crippen LogP contribution in [0.4, 0.5) is 4.39 Å². The third kappa shape index (κ3) is 5.81. The average Bonchev–Trinajstić information content (AvgIpc) is 3.04. The number of hydrogen-bond donors (Lipinski definition) is 1. The molecular formula is C24H26FN5O2. The second-order valence-corrected chi connectivity index (χ2v) is 7.31. The minimum absolute atomic E-state index is 0.210. The Morgan fingerprint density at radius 2 is 2.12 bits per heavy atom. The average molecular weight is 436 g/mol. The van der Waals surface area contributed by atoms with Crippen LogP contribution >= 0.6 is 0 Å². The van der Waals surface area contributed by atoms with Gasteiger partial charge in [0.25, 0.3) is 0 Å². The smallest absolute Gasteiger partial charge is 0.230 e. The van der Waals surface area contributed by atoms with Crippen LogP contribution in [0, 0.1) is 6.92 Å². The number of nitrogens with zero attached hydrogens (tertiary/aromatic N) is 4. The molecule has 2 rings (SSSR count). The van der Waals surface area contributed by atoms with E-state index in [9.17, 15) is 9.18 Å². The van der Waals surface area contributed by atoms with E-state index >= 15 is 0 Å². The van der Waals surface area contributed by atoms with Crippen LogP contribution in [0.2, 0.25) is 0 Å². The van der Waals surface area contributed by atoms with Gasteiger partial charge in [0, 0.05) is 23.5 Å². The van der Waals surface area contributed by atoms with Crippen LogP contribution in [0.3, 0.4) is 0 Å². The number of rotatable bonds is 9. The number of Topliss-reactive ketones (excluding diaryl/α,β-unsaturated/α-hetero) is 1. The summed E-state index contributed by atoms with van der Waals surface area (Å²) in [5, 5.41) is 3.96. The number of hydrogen-bond acceptors (Lipinski definition) is 6. The largest absolute Gasteiger partial charge is 0.390 e. The molecule has 0 aliphatic carbocycles. The quantitative estimate of drug-likeness (QED) is 0.359. The molecular weight excluding hydrogens is 409 g/mol. The normalized spacial score (nSPS) is 16.8. The van der Waals surface area contributed by atoms with Crippen LogP contribution in [-0.2, 0) is 9.63 Å². The number of halogens is 1. The van der Waals surface area contributed by atoms with Gasteiger partial charge in [-0.15, -0.1) is 0 Å². The molecule has 8 heteroatoms. The summed E-state index contributed by atoms with van der Waals surface area (Å²) in [6.07, 6.45) is 8.48. The van der Waals surface area contributed by atoms with Crippen molar-refractivity contribution in [1.82, 2.24) is 0 Å². The third-order valence-corrected chi connectivity index (χ3v) is 4.58. The highest BCUT2D eigenvalue weighted by Gasteiger charge is 2.40. The molecule has 1 aliphatic heterocycles. The van der Waals surface area contributed by atoms with E-state index < -0.39 is 12.3 Å². The van der Waals surface area contributed by atoms with Gasteiger partial charge in [-0.25, -0.2) is 9.38 Å². The van der Waals surface area contributed by atoms with Crippen molar-refractivity contribution < 1.29 is 14.0 Å². The van der Waals surface area contributed by atoms with Gasteiger partial charge in [0.05, 0.1) is 18.2 Å². The number of benzene rings is 1. The number of carbonyl (C=O) groups excluding carboxylic acids is 1. The van der Waals surface area contributed by atoms with Crippen molar-refractivity contribution in [3.63, 3.8) is 0 Å². The summed E-state index contributed by atoms with van der Waals surface area (Å²) in [4.78, 5) is 29.9. The van der Waals surface area contributed by atoms with Crippen molar-refractivity contribution in [2.24, 2.45) is 25.9 Å². The van der Waals surface area contributed by atoms with Crippen LogP contribution in [0.5, 0.6) is 0 Å². The molecule has 2 N–H and O–H groups in total. The molecule has 1 aliphatic rings. The van der Waals surface area contributed by atoms with Gasteiger partial charge in [0.1, 0.15) is 6.67 Å². The predicted molar refractivity (Wildman–Crippen MR) is 129 cm³/mol. The fourth-order valence-electron chi connectivity index (χ4n) is 2.79. The van der Waals surface area contributed by atoms with E-state index in [0.29, 0.717) is 28.0 Å². The Balaban J connectivity index is 2.46. The topological polar surface area (TPSA) is 102 Å². The predicted octanol–water partition coefficient (Wildman–Crippen LogP) is 4.10. The Morgan fingerprint density at radius 1 is 1.38 bits per heavy atom. The zero-order valence-electron chi connectivity index (χ0n) is 18.4. The van der Waals surface area contributed by atoms with E-state index in [2.05, 4.69) is 33.4 Å². The maximum absolute atomic E-state index is 12.9. The fraction of sp³-hybridized carbons (Fsp3) is 0.208. The minimum Gasteiger partial charge on any atom is -0.390 e. The number of carbonyl (C=O) groups is 1. The van der Waals surface area contributed by atoms with Crippen molar-refractivity contribution in [3.8, 4) is 0 Å². The molecule has 0 saturated carbocycles. The first-order valence-corrected chi connectivity index (χ1v) is 9.73. The number of oxime groups is 1. The van der Waals surface area contributed by atoms with Crippen LogP contribution in [-0.4, -0.2) is 43.0 Å². The second kappa shape index (κ2) is 10.9. The van der Waals surface area contributed by atoms with Gasteiger partial charge in [0.2, 0.25) is 5.78 Å². The molecule has 1 aromatic carbocycles. The standard InChI is InChI=1S/C24H26FN5O2/c1-16-6-7-19(22-23(31)24(3,4)32-30-22)12-20(16)21(14-28-15-26)29-13-17(2)18(8-10-25)9-11-27-5/h6-9,11-15H,2,5,10H2,1,3-4H3,(H2,26,28)/b11-9-,18-8+,21-14-,29-13?. The maximum Gasteiger partial charge on any atom is 0.230 e. The molecule has 32 heavy (non-hydrogen) atoms. The van der Waals surface area contributed by atoms with Crippen LogP contribution in [0.1, 0.15) is 30.5 Å². The lowest BCUT2D eigenvalue weighted by Gasteiger charge is -2.12. The molecule has 0 spiro atoms. The van der Waals surface area contributed by atoms with E-state index in [1.54, 1.807) is 32.1 Å². The van der Waals surface area contributed by atoms with Crippen molar-refractivity contribution in [2.45, 2.75) is 26.4 Å². The van der Waals surface area contributed by atoms with Crippen molar-refractivity contribution in [3.05, 3.63) is 77.2 Å². The summed E-state index contributed by atoms with van der Waals surface area (Å²) in [6, 6.07) is 5.43. The third-order valence-electron chi connectivity index (χ3n) is 4.58. The Bertz CT molecular complexity index is 1090. The zero-order chi connectivity index (χ0) is 23.7. The van der Waals surface area contributed by atoms with Gasteiger partial charge in [-0.3, -0.25) is 14.8 Å². The van der Waals surface area contributed by atoms with Gasteiger partial charge in [-0.1, -0.05) is 23.9 Å². The van der Waals surface area contributed by atoms with E-state index in [1.807, 2.05) is 13.0 Å². The number of allylic oxidation sites excluding steroid dienone is 4. The molecule has 0 unspecified atom stereocenters. The molecule has 1 aromatic rings. The van der Waals surface area contributed by atoms with Gasteiger partial charge in [0.15, 0.2) is 11.3 Å². The Kier molecular flexibility index (Phi) is 8.29. The molecule has 0 bridgehead atoms. The Morgan fingerprint density at radius 3 is 2.72 bits per heavy atom. The first-order valence-electron chi connectivity index (χ1n) is 9.73. The summed E-state index contributed by atoms with van der Waals surface area (Å²) in [5.41, 5.74) is 8.26. The van der Waals surface area contributed by atoms with Gasteiger partial charge in [-0.2, -0.15) is 0 Å². The van der Waals surface area contributed by atoms with Crippen LogP contribution in [0.15, 0.2) is 80.6 Å². The molecule has 166 valence electrons. The molecule has 0 fully saturated rings. The summed E-state index contributed by atoms with van der Waals surface area (Å²) in [6.45, 7) is 11.9. The van der Waals surface area contributed by atoms with E-state index in [4.69, 9.17) is 10.6 Å². The highest BCUT2D eigenvalue weighted by Crippen LogP contribution is 2.27. The minimum atomic E-state index is -1.01. The van der Waals surface area contributed by atoms with E-state index in [0.717, 1.165) is 11.9 Å². The van der Waals surface area contributed by atoms with Gasteiger partial charge >= 0.3 is 0 Å². The molecule has 0 radical (unpaired) electrons. The Hall–Kier alpha value is -3.94. The van der Waals surface area contributed by atoms with Crippen LogP contribution in [0.25, 0.3) is 5.70 Å². The highest BCUT2D eigenvalue weighted by atomic mass is 19.1. The van der Waals surface area contributed by atoms with Crippen molar-refractivity contribution in [2.75, 3.05) is 6.67 Å². The molecule has 0 atom stereocenters. The fourth-order valence-corrected chi connectivity index (χ4v) is 2.79. The second-order valence-electron chi connectivity index (χ2n) is 7.31. The molecule has 0 aromatic heterocycles. The lowest BCUT2D eigenvalue weighted by molar-refractivity contribution is -0.128. The van der Waals surface area contributed by atoms with Crippen LogP contribution < -0.4 is 5.73 Å². The van der Waals surface area contributed by atoms with Gasteiger partial charge in [-0.05, 0) is 62.4 Å². The SMILES string of the molecule is C=N/C=C\C(=C/CF)C(=C)C=N/C(=C\N=CN)c1cc(C2=NOC(C)(C)C2=O)ccc1C. The number of ketones is 1. The highest BCUT2D eigenvalue weighted by molar-refractivity contribution is 6.49. The summed E-state index contributed by atoms with van der Waals surface area (Å²) < 4.78 is 12.9. The van der Waals surface area contributed by atoms with Crippen molar-refractivity contribution >= 4 is 36.5 Å². The Labute approximate surface area is 187 Å². The number of aliphatic imine (C=N–C) groups is 3. The number of nitrogens with two attached hydrogens (primary N) is 1. The first kappa shape index (κ1) is 24.3. The summed E-state index contributed by atoms with van der Waals surface area (Å²) >= 11 is 0. The van der Waals surface area contributed by atoms with Crippen molar-refractivity contribution in [1.29, 1.82) is 0 Å². The molecule has 0 amide bonds. The lowest BCUT2D eigenvalue weighted by Crippen LogP contribution is -2.33. The summed E-state index contributed by atoms with van der Waals surface area (Å²) in [5.74, 6) is -0.210. The molecule has 7 nitrogen and oxygen atoms in total. The summed E-state index contributed by atoms with van der Waals surface area (Å²) in [7, 11) is 0.